The molecule has 2 N–H and O–H groups in total. The van der Waals surface area contributed by atoms with Gasteiger partial charge < -0.3 is 34.4 Å². The number of hydrogen-bond acceptors (Lipinski definition) is 13. The molecule has 0 bridgehead atoms. The summed E-state index contributed by atoms with van der Waals surface area (Å²) in [4.78, 5) is 49.2. The van der Waals surface area contributed by atoms with Gasteiger partial charge in [-0.15, -0.1) is 10.2 Å². The van der Waals surface area contributed by atoms with E-state index in [0.717, 1.165) is 50.7 Å². The van der Waals surface area contributed by atoms with Crippen LogP contribution in [0.5, 0.6) is 23.1 Å². The van der Waals surface area contributed by atoms with Crippen LogP contribution < -0.4 is 24.4 Å². The predicted molar refractivity (Wildman–Crippen MR) is 173 cm³/mol. The van der Waals surface area contributed by atoms with Crippen molar-refractivity contribution < 1.29 is 38.1 Å². The fourth-order valence-electron chi connectivity index (χ4n) is 6.80. The van der Waals surface area contributed by atoms with E-state index >= 15 is 4.39 Å². The lowest BCUT2D eigenvalue weighted by molar-refractivity contribution is -0.133. The van der Waals surface area contributed by atoms with Crippen LogP contribution in [-0.2, 0) is 9.59 Å². The number of likely N-dealkylation sites (tertiary alicyclic amines) is 1. The highest BCUT2D eigenvalue weighted by atomic mass is 19.1. The Bertz CT molecular complexity index is 1550. The Kier molecular flexibility index (Phi) is 10.9. The largest absolute Gasteiger partial charge is 0.430 e. The number of carbonyl (C=O) groups excluding carboxylic acids is 3. The molecular weight excluding hydrogens is 625 g/mol. The van der Waals surface area contributed by atoms with Crippen LogP contribution in [0.4, 0.5) is 10.2 Å². The zero-order valence-electron chi connectivity index (χ0n) is 28.1. The number of rotatable bonds is 13. The van der Waals surface area contributed by atoms with Crippen LogP contribution >= 0.6 is 0 Å². The summed E-state index contributed by atoms with van der Waals surface area (Å²) in [5.41, 5.74) is -0.220. The second-order valence-corrected chi connectivity index (χ2v) is 13.1. The molecule has 2 aromatic rings. The summed E-state index contributed by atoms with van der Waals surface area (Å²) >= 11 is 0. The topological polar surface area (TPSA) is 160 Å². The highest BCUT2D eigenvalue weighted by Gasteiger charge is 2.50. The molecule has 1 unspecified atom stereocenters. The molecule has 3 aliphatic rings. The number of amides is 1. The van der Waals surface area contributed by atoms with Crippen molar-refractivity contribution in [3.05, 3.63) is 35.9 Å². The number of esters is 2. The maximum absolute atomic E-state index is 15.5. The summed E-state index contributed by atoms with van der Waals surface area (Å²) in [7, 11) is 0. The van der Waals surface area contributed by atoms with Gasteiger partial charge in [-0.25, -0.2) is 19.0 Å². The lowest BCUT2D eigenvalue weighted by atomic mass is 9.76. The van der Waals surface area contributed by atoms with Crippen molar-refractivity contribution in [3.63, 3.8) is 0 Å². The number of nitrogens with zero attached hydrogens (tertiary/aromatic N) is 6. The van der Waals surface area contributed by atoms with E-state index in [1.165, 1.54) is 11.2 Å². The monoisotopic (exact) mass is 669 g/mol. The minimum atomic E-state index is -1.09. The molecule has 3 aliphatic heterocycles. The number of nitrogens with one attached hydrogen (secondary N) is 1. The van der Waals surface area contributed by atoms with Crippen LogP contribution in [0.1, 0.15) is 57.8 Å². The first kappa shape index (κ1) is 35.1. The van der Waals surface area contributed by atoms with Crippen LogP contribution in [0, 0.1) is 17.2 Å². The normalized spacial score (nSPS) is 18.6. The minimum Gasteiger partial charge on any atom is -0.430 e. The van der Waals surface area contributed by atoms with E-state index in [-0.39, 0.29) is 35.3 Å². The average molecular weight is 670 g/mol. The fourth-order valence-corrected chi connectivity index (χ4v) is 6.80. The predicted octanol–water partition coefficient (Wildman–Crippen LogP) is 2.56. The number of anilines is 1. The number of aromatic nitrogens is 3. The van der Waals surface area contributed by atoms with E-state index in [2.05, 4.69) is 39.2 Å². The molecule has 15 heteroatoms. The summed E-state index contributed by atoms with van der Waals surface area (Å²) in [5, 5.41) is 20.5. The molecule has 260 valence electrons. The molecule has 0 aliphatic carbocycles. The first-order chi connectivity index (χ1) is 23.0. The summed E-state index contributed by atoms with van der Waals surface area (Å²) < 4.78 is 32.3. The van der Waals surface area contributed by atoms with E-state index in [1.807, 2.05) is 18.7 Å². The van der Waals surface area contributed by atoms with Crippen LogP contribution in [-0.4, -0.2) is 112 Å². The number of halogens is 1. The third-order valence-electron chi connectivity index (χ3n) is 9.09. The Morgan fingerprint density at radius 2 is 1.83 bits per heavy atom. The van der Waals surface area contributed by atoms with Crippen molar-refractivity contribution in [1.29, 1.82) is 0 Å². The van der Waals surface area contributed by atoms with Gasteiger partial charge in [-0.1, -0.05) is 13.8 Å². The van der Waals surface area contributed by atoms with Crippen molar-refractivity contribution in [1.82, 2.24) is 30.3 Å². The van der Waals surface area contributed by atoms with Gasteiger partial charge in [0.15, 0.2) is 17.4 Å². The van der Waals surface area contributed by atoms with E-state index in [0.29, 0.717) is 44.0 Å². The van der Waals surface area contributed by atoms with Gasteiger partial charge in [-0.3, -0.25) is 9.69 Å². The lowest BCUT2D eigenvalue weighted by Crippen LogP contribution is -2.62. The Morgan fingerprint density at radius 1 is 1.12 bits per heavy atom. The zero-order valence-corrected chi connectivity index (χ0v) is 28.1. The van der Waals surface area contributed by atoms with Gasteiger partial charge in [0.05, 0.1) is 12.2 Å². The number of benzene rings is 1. The summed E-state index contributed by atoms with van der Waals surface area (Å²) in [6.45, 7) is 14.9. The van der Waals surface area contributed by atoms with Crippen molar-refractivity contribution in [2.24, 2.45) is 11.3 Å². The molecule has 1 aromatic heterocycles. The van der Waals surface area contributed by atoms with Crippen molar-refractivity contribution in [3.8, 4) is 23.1 Å². The fraction of sp³-hybridized carbons (Fsp3) is 0.576. The van der Waals surface area contributed by atoms with Gasteiger partial charge in [0.2, 0.25) is 11.5 Å². The average Bonchev–Trinajstić information content (AvgIpc) is 3.47. The standard InChI is InChI=1S/C33H44FN7O7/c1-6-41(21(4)5)32(45)22-15-23(34)28-29(47-26(44)8-7-25(43)46-28)27(22)48-31-30(36-19-37-38-31)39-13-10-33(16-39)17-40(18-33)24(20(2)3)9-11-35-12-14-42/h7-8,15,19-21,24,35,42H,6,9-14,16-18H2,1-5H3/b8-7+. The number of hydrogen-bond donors (Lipinski definition) is 2. The molecule has 14 nitrogen and oxygen atoms in total. The SMILES string of the molecule is CCN(C(=O)c1cc(F)c2c(c1Oc1nncnc1N1CCC3(C1)CN(C(CCNCCO)C(C)C)C3)OC(=O)/C=C/C(=O)O2)C(C)C. The molecule has 1 spiro atoms. The number of ether oxygens (including phenoxy) is 3. The summed E-state index contributed by atoms with van der Waals surface area (Å²) in [6.07, 6.45) is 4.84. The molecule has 5 rings (SSSR count). The third-order valence-corrected chi connectivity index (χ3v) is 9.09. The summed E-state index contributed by atoms with van der Waals surface area (Å²) in [6, 6.07) is 1.05. The maximum Gasteiger partial charge on any atom is 0.336 e. The second kappa shape index (κ2) is 14.9. The van der Waals surface area contributed by atoms with Crippen molar-refractivity contribution in [2.75, 3.05) is 57.3 Å². The lowest BCUT2D eigenvalue weighted by Gasteiger charge is -2.53. The Balaban J connectivity index is 1.44. The second-order valence-electron chi connectivity index (χ2n) is 13.1. The molecular formula is C33H44FN7O7. The number of aliphatic hydroxyl groups excluding tert-OH is 1. The third kappa shape index (κ3) is 7.42. The van der Waals surface area contributed by atoms with Crippen molar-refractivity contribution >= 4 is 23.7 Å². The van der Waals surface area contributed by atoms with Crippen molar-refractivity contribution in [2.45, 2.75) is 59.5 Å². The quantitative estimate of drug-likeness (QED) is 0.182. The van der Waals surface area contributed by atoms with Gasteiger partial charge in [-0.2, -0.15) is 0 Å². The maximum atomic E-state index is 15.5. The molecule has 1 amide bonds. The van der Waals surface area contributed by atoms with E-state index in [4.69, 9.17) is 19.3 Å². The van der Waals surface area contributed by atoms with Gasteiger partial charge in [-0.05, 0) is 52.1 Å². The van der Waals surface area contributed by atoms with Gasteiger partial charge in [0, 0.05) is 68.9 Å². The first-order valence-corrected chi connectivity index (χ1v) is 16.4. The number of aliphatic hydroxyl groups is 1. The zero-order chi connectivity index (χ0) is 34.6. The molecule has 2 fully saturated rings. The van der Waals surface area contributed by atoms with Crippen LogP contribution in [0.15, 0.2) is 24.5 Å². The van der Waals surface area contributed by atoms with Crippen LogP contribution in [0.3, 0.4) is 0 Å². The van der Waals surface area contributed by atoms with Gasteiger partial charge >= 0.3 is 11.9 Å². The highest BCUT2D eigenvalue weighted by Crippen LogP contribution is 2.48. The molecule has 1 atom stereocenters. The Morgan fingerprint density at radius 3 is 2.48 bits per heavy atom. The van der Waals surface area contributed by atoms with Gasteiger partial charge in [0.1, 0.15) is 6.33 Å². The molecule has 4 heterocycles. The summed E-state index contributed by atoms with van der Waals surface area (Å²) in [5.74, 6) is -4.56. The van der Waals surface area contributed by atoms with Crippen LogP contribution in [0.2, 0.25) is 0 Å². The Hall–Kier alpha value is -4.21. The minimum absolute atomic E-state index is 0.0369. The van der Waals surface area contributed by atoms with E-state index in [1.54, 1.807) is 6.92 Å². The number of carbonyl (C=O) groups is 3. The molecule has 0 radical (unpaired) electrons. The van der Waals surface area contributed by atoms with E-state index < -0.39 is 35.2 Å². The molecule has 1 aromatic carbocycles. The van der Waals surface area contributed by atoms with E-state index in [9.17, 15) is 14.4 Å². The van der Waals surface area contributed by atoms with Crippen LogP contribution in [0.25, 0.3) is 0 Å². The molecule has 2 saturated heterocycles. The Labute approximate surface area is 279 Å². The molecule has 48 heavy (non-hydrogen) atoms. The smallest absolute Gasteiger partial charge is 0.336 e. The first-order valence-electron chi connectivity index (χ1n) is 16.4. The van der Waals surface area contributed by atoms with Gasteiger partial charge in [0.25, 0.3) is 11.8 Å². The highest BCUT2D eigenvalue weighted by molar-refractivity contribution is 6.01. The molecule has 0 saturated carbocycles. The number of fused-ring (bicyclic) bond motifs is 1.